The maximum absolute atomic E-state index is 14.0. The Labute approximate surface area is 220 Å². The zero-order valence-corrected chi connectivity index (χ0v) is 21.8. The van der Waals surface area contributed by atoms with Crippen LogP contribution in [0.25, 0.3) is 16.5 Å². The quantitative estimate of drug-likeness (QED) is 0.371. The number of amides is 1. The summed E-state index contributed by atoms with van der Waals surface area (Å²) in [5.74, 6) is -0.668. The molecule has 0 bridgehead atoms. The molecule has 2 heterocycles. The van der Waals surface area contributed by atoms with Crippen molar-refractivity contribution in [2.24, 2.45) is 4.99 Å². The van der Waals surface area contributed by atoms with E-state index in [1.54, 1.807) is 31.4 Å². The summed E-state index contributed by atoms with van der Waals surface area (Å²) in [6, 6.07) is 7.83. The monoisotopic (exact) mass is 568 g/mol. The van der Waals surface area contributed by atoms with Crippen LogP contribution < -0.4 is 0 Å². The number of aromatic amines is 1. The number of nitrogens with zero attached hydrogens (tertiary/aromatic N) is 3. The van der Waals surface area contributed by atoms with E-state index in [4.69, 9.17) is 5.11 Å². The number of benzene rings is 2. The average Bonchev–Trinajstić information content (AvgIpc) is 3.47. The van der Waals surface area contributed by atoms with Crippen LogP contribution in [-0.4, -0.2) is 77.4 Å². The highest BCUT2D eigenvalue weighted by molar-refractivity contribution is 8.18. The third kappa shape index (κ3) is 5.93. The number of likely N-dealkylation sites (N-methyl/N-ethyl adjacent to an activating group) is 1. The van der Waals surface area contributed by atoms with Crippen LogP contribution >= 0.6 is 11.8 Å². The number of halogens is 3. The lowest BCUT2D eigenvalue weighted by molar-refractivity contribution is -0.138. The molecule has 0 spiro atoms. The fourth-order valence-electron chi connectivity index (χ4n) is 3.94. The summed E-state index contributed by atoms with van der Waals surface area (Å²) in [6.45, 7) is -0.525. The van der Waals surface area contributed by atoms with Crippen molar-refractivity contribution >= 4 is 49.1 Å². The second-order valence-electron chi connectivity index (χ2n) is 8.76. The number of amidine groups is 1. The Bertz CT molecular complexity index is 1560. The molecule has 0 saturated heterocycles. The first-order chi connectivity index (χ1) is 17.8. The van der Waals surface area contributed by atoms with E-state index in [9.17, 15) is 31.5 Å². The summed E-state index contributed by atoms with van der Waals surface area (Å²) >= 11 is 0.942. The van der Waals surface area contributed by atoms with Gasteiger partial charge in [-0.25, -0.2) is 8.42 Å². The predicted molar refractivity (Wildman–Crippen MR) is 137 cm³/mol. The number of hydrogen-bond donors (Lipinski definition) is 3. The summed E-state index contributed by atoms with van der Waals surface area (Å²) in [5, 5.41) is 26.5. The Morgan fingerprint density at radius 2 is 1.95 bits per heavy atom. The number of aliphatic hydroxyl groups is 2. The average molecular weight is 569 g/mol. The normalized spacial score (nSPS) is 16.6. The minimum absolute atomic E-state index is 0.0234. The number of aliphatic imine (C=N–C) groups is 1. The third-order valence-electron chi connectivity index (χ3n) is 5.85. The van der Waals surface area contributed by atoms with E-state index in [2.05, 4.69) is 15.2 Å². The molecule has 1 atom stereocenters. The van der Waals surface area contributed by atoms with Gasteiger partial charge in [0.2, 0.25) is 0 Å². The van der Waals surface area contributed by atoms with Crippen LogP contribution in [0.4, 0.5) is 13.2 Å². The largest absolute Gasteiger partial charge is 0.416 e. The smallest absolute Gasteiger partial charge is 0.394 e. The topological polar surface area (TPSA) is 136 Å². The Hall–Kier alpha value is -3.20. The van der Waals surface area contributed by atoms with Crippen molar-refractivity contribution in [3.8, 4) is 0 Å². The van der Waals surface area contributed by atoms with Crippen molar-refractivity contribution in [3.05, 3.63) is 64.2 Å². The number of rotatable bonds is 7. The van der Waals surface area contributed by atoms with E-state index in [1.807, 2.05) is 0 Å². The Balaban J connectivity index is 1.83. The van der Waals surface area contributed by atoms with Gasteiger partial charge in [-0.05, 0) is 59.1 Å². The summed E-state index contributed by atoms with van der Waals surface area (Å²) in [5.41, 5.74) is 0.0695. The van der Waals surface area contributed by atoms with E-state index in [0.29, 0.717) is 22.5 Å². The molecule has 0 radical (unpaired) electrons. The fraction of sp³-hybridized carbons (Fsp3) is 0.292. The number of nitrogens with one attached hydrogen (secondary N) is 1. The summed E-state index contributed by atoms with van der Waals surface area (Å²) in [7, 11) is -2.34. The molecule has 3 aromatic rings. The zero-order chi connectivity index (χ0) is 27.8. The Morgan fingerprint density at radius 3 is 2.61 bits per heavy atom. The molecule has 1 unspecified atom stereocenters. The summed E-state index contributed by atoms with van der Waals surface area (Å²) in [4.78, 5) is 18.1. The van der Waals surface area contributed by atoms with Gasteiger partial charge in [0, 0.05) is 25.2 Å². The molecular weight excluding hydrogens is 545 g/mol. The van der Waals surface area contributed by atoms with Gasteiger partial charge in [-0.3, -0.25) is 9.89 Å². The molecule has 4 rings (SSSR count). The molecule has 1 aliphatic heterocycles. The van der Waals surface area contributed by atoms with Gasteiger partial charge in [0.05, 0.1) is 39.8 Å². The maximum atomic E-state index is 14.0. The van der Waals surface area contributed by atoms with Gasteiger partial charge in [0.25, 0.3) is 5.91 Å². The van der Waals surface area contributed by atoms with E-state index in [1.165, 1.54) is 4.90 Å². The number of alkyl halides is 3. The van der Waals surface area contributed by atoms with Crippen molar-refractivity contribution < 1.29 is 36.6 Å². The minimum Gasteiger partial charge on any atom is -0.394 e. The first-order valence-corrected chi connectivity index (χ1v) is 13.9. The molecule has 3 N–H and O–H groups in total. The molecule has 9 nitrogen and oxygen atoms in total. The van der Waals surface area contributed by atoms with Gasteiger partial charge in [0.1, 0.15) is 0 Å². The second kappa shape index (κ2) is 10.5. The van der Waals surface area contributed by atoms with Gasteiger partial charge in [-0.2, -0.15) is 23.3 Å². The molecule has 2 aromatic carbocycles. The highest BCUT2D eigenvalue weighted by Gasteiger charge is 2.36. The van der Waals surface area contributed by atoms with Crippen molar-refractivity contribution in [2.45, 2.75) is 23.6 Å². The van der Waals surface area contributed by atoms with Crippen LogP contribution in [0.5, 0.6) is 0 Å². The number of fused-ring (bicyclic) bond motifs is 1. The first kappa shape index (κ1) is 27.8. The Kier molecular flexibility index (Phi) is 7.70. The highest BCUT2D eigenvalue weighted by Crippen LogP contribution is 2.40. The number of allylic oxidation sites excluding steroid dienone is 1. The molecule has 202 valence electrons. The van der Waals surface area contributed by atoms with Crippen LogP contribution in [0.15, 0.2) is 57.4 Å². The molecule has 1 aliphatic rings. The van der Waals surface area contributed by atoms with Gasteiger partial charge < -0.3 is 15.1 Å². The number of carbonyl (C=O) groups is 1. The standard InChI is InChI=1S/C24H23F3N4O5S2/c1-31(11-16(33)12-32)23-29-22(34)21(37-23)18(13-4-6-20-15(7-13)10-28-30-20)8-14-3-5-17(38(2,35)36)9-19(14)24(25,26)27/h3-7,9-10,16,32-33H,8,11-12H2,1-2H3,(H,28,30). The van der Waals surface area contributed by atoms with Gasteiger partial charge in [-0.1, -0.05) is 12.1 Å². The van der Waals surface area contributed by atoms with Crippen LogP contribution in [0.1, 0.15) is 16.7 Å². The van der Waals surface area contributed by atoms with Gasteiger partial charge in [0.15, 0.2) is 15.0 Å². The lowest BCUT2D eigenvalue weighted by Gasteiger charge is -2.20. The number of thioether (sulfide) groups is 1. The minimum atomic E-state index is -4.85. The van der Waals surface area contributed by atoms with E-state index < -0.39 is 45.1 Å². The number of aliphatic hydroxyl groups excluding tert-OH is 2. The number of hydrogen-bond acceptors (Lipinski definition) is 8. The first-order valence-electron chi connectivity index (χ1n) is 11.2. The van der Waals surface area contributed by atoms with Crippen LogP contribution in [0, 0.1) is 0 Å². The van der Waals surface area contributed by atoms with Gasteiger partial charge >= 0.3 is 6.18 Å². The molecule has 0 fully saturated rings. The Morgan fingerprint density at radius 1 is 1.21 bits per heavy atom. The van der Waals surface area contributed by atoms with Crippen LogP contribution in [0.3, 0.4) is 0 Å². The second-order valence-corrected chi connectivity index (χ2v) is 11.8. The van der Waals surface area contributed by atoms with Crippen molar-refractivity contribution in [3.63, 3.8) is 0 Å². The zero-order valence-electron chi connectivity index (χ0n) is 20.2. The third-order valence-corrected chi connectivity index (χ3v) is 8.17. The molecule has 1 aromatic heterocycles. The molecule has 0 saturated carbocycles. The summed E-state index contributed by atoms with van der Waals surface area (Å²) in [6.07, 6.45) is -3.92. The number of sulfone groups is 1. The van der Waals surface area contributed by atoms with Crippen molar-refractivity contribution in [1.29, 1.82) is 0 Å². The SMILES string of the molecule is CN(CC(O)CO)C1=NC(=O)C(=C(Cc2ccc(S(C)(=O)=O)cc2C(F)(F)F)c2ccc3[nH]ncc3c2)S1. The molecule has 0 aliphatic carbocycles. The van der Waals surface area contributed by atoms with E-state index >= 15 is 0 Å². The van der Waals surface area contributed by atoms with Crippen LogP contribution in [-0.2, 0) is 27.2 Å². The highest BCUT2D eigenvalue weighted by atomic mass is 32.2. The van der Waals surface area contributed by atoms with E-state index in [0.717, 1.165) is 30.2 Å². The fourth-order valence-corrected chi connectivity index (χ4v) is 5.57. The molecule has 1 amide bonds. The van der Waals surface area contributed by atoms with E-state index in [-0.39, 0.29) is 34.2 Å². The lowest BCUT2D eigenvalue weighted by Crippen LogP contribution is -2.33. The molecule has 38 heavy (non-hydrogen) atoms. The van der Waals surface area contributed by atoms with Crippen molar-refractivity contribution in [1.82, 2.24) is 15.1 Å². The number of H-pyrrole nitrogens is 1. The molecular formula is C24H23F3N4O5S2. The van der Waals surface area contributed by atoms with Gasteiger partial charge in [-0.15, -0.1) is 0 Å². The van der Waals surface area contributed by atoms with Crippen LogP contribution in [0.2, 0.25) is 0 Å². The predicted octanol–water partition coefficient (Wildman–Crippen LogP) is 2.85. The number of carbonyl (C=O) groups excluding carboxylic acids is 1. The lowest BCUT2D eigenvalue weighted by atomic mass is 9.93. The maximum Gasteiger partial charge on any atom is 0.416 e. The molecule has 14 heteroatoms. The summed E-state index contributed by atoms with van der Waals surface area (Å²) < 4.78 is 66.0. The number of aromatic nitrogens is 2. The van der Waals surface area contributed by atoms with Crippen molar-refractivity contribution in [2.75, 3.05) is 26.5 Å².